The van der Waals surface area contributed by atoms with E-state index in [1.807, 2.05) is 18.7 Å². The summed E-state index contributed by atoms with van der Waals surface area (Å²) in [5.41, 5.74) is 2.26. The highest BCUT2D eigenvalue weighted by Crippen LogP contribution is 2.22. The van der Waals surface area contributed by atoms with Crippen molar-refractivity contribution < 1.29 is 4.79 Å². The third-order valence-corrected chi connectivity index (χ3v) is 4.42. The van der Waals surface area contributed by atoms with Crippen molar-refractivity contribution in [3.8, 4) is 6.07 Å². The molecule has 1 fully saturated rings. The van der Waals surface area contributed by atoms with Crippen molar-refractivity contribution in [1.82, 2.24) is 15.1 Å². The number of hydrogen-bond acceptors (Lipinski definition) is 5. The molecule has 1 aliphatic heterocycles. The number of piperazine rings is 1. The van der Waals surface area contributed by atoms with Crippen LogP contribution in [0.4, 0.5) is 5.82 Å². The number of rotatable bonds is 4. The average molecular weight is 315 g/mol. The number of carbonyl (C=O) groups excluding carboxylic acids is 1. The monoisotopic (exact) mass is 315 g/mol. The maximum atomic E-state index is 12.2. The van der Waals surface area contributed by atoms with Gasteiger partial charge in [0.1, 0.15) is 11.6 Å². The topological polar surface area (TPSA) is 73.1 Å². The lowest BCUT2D eigenvalue weighted by atomic mass is 10.1. The van der Waals surface area contributed by atoms with Gasteiger partial charge in [0.05, 0.1) is 5.69 Å². The number of carbonyl (C=O) groups is 1. The molecule has 1 aliphatic rings. The van der Waals surface area contributed by atoms with Crippen molar-refractivity contribution in [2.24, 2.45) is 5.92 Å². The van der Waals surface area contributed by atoms with E-state index in [0.29, 0.717) is 49.9 Å². The Bertz CT molecular complexity index is 612. The zero-order chi connectivity index (χ0) is 17.0. The van der Waals surface area contributed by atoms with Gasteiger partial charge in [0.15, 0.2) is 5.82 Å². The van der Waals surface area contributed by atoms with E-state index in [2.05, 4.69) is 35.0 Å². The zero-order valence-electron chi connectivity index (χ0n) is 14.5. The summed E-state index contributed by atoms with van der Waals surface area (Å²) >= 11 is 0. The largest absolute Gasteiger partial charge is 0.350 e. The van der Waals surface area contributed by atoms with Crippen LogP contribution in [0.2, 0.25) is 0 Å². The van der Waals surface area contributed by atoms with Crippen molar-refractivity contribution in [3.05, 3.63) is 16.8 Å². The van der Waals surface area contributed by atoms with Crippen LogP contribution in [0.3, 0.4) is 0 Å². The quantitative estimate of drug-likeness (QED) is 0.850. The summed E-state index contributed by atoms with van der Waals surface area (Å²) in [7, 11) is 0. The summed E-state index contributed by atoms with van der Waals surface area (Å²) < 4.78 is 0. The van der Waals surface area contributed by atoms with E-state index in [-0.39, 0.29) is 5.91 Å². The Kier molecular flexibility index (Phi) is 5.54. The maximum absolute atomic E-state index is 12.2. The first-order chi connectivity index (χ1) is 10.9. The number of aromatic nitrogens is 2. The van der Waals surface area contributed by atoms with Crippen LogP contribution in [0, 0.1) is 31.1 Å². The predicted molar refractivity (Wildman–Crippen MR) is 89.1 cm³/mol. The van der Waals surface area contributed by atoms with Crippen molar-refractivity contribution >= 4 is 11.7 Å². The Morgan fingerprint density at radius 1 is 1.22 bits per heavy atom. The van der Waals surface area contributed by atoms with Gasteiger partial charge in [0, 0.05) is 32.6 Å². The van der Waals surface area contributed by atoms with Crippen LogP contribution >= 0.6 is 0 Å². The fraction of sp³-hybridized carbons (Fsp3) is 0.647. The Morgan fingerprint density at radius 3 is 2.43 bits per heavy atom. The van der Waals surface area contributed by atoms with Crippen LogP contribution in [-0.4, -0.2) is 47.2 Å². The summed E-state index contributed by atoms with van der Waals surface area (Å²) in [6.45, 7) is 10.8. The Labute approximate surface area is 138 Å². The minimum Gasteiger partial charge on any atom is -0.350 e. The first-order valence-electron chi connectivity index (χ1n) is 8.20. The van der Waals surface area contributed by atoms with Gasteiger partial charge in [0.25, 0.3) is 0 Å². The summed E-state index contributed by atoms with van der Waals surface area (Å²) in [5, 5.41) is 17.8. The van der Waals surface area contributed by atoms with Gasteiger partial charge in [-0.2, -0.15) is 10.4 Å². The Hall–Kier alpha value is -2.16. The Morgan fingerprint density at radius 2 is 1.87 bits per heavy atom. The molecular weight excluding hydrogens is 290 g/mol. The lowest BCUT2D eigenvalue weighted by Gasteiger charge is -2.35. The van der Waals surface area contributed by atoms with Gasteiger partial charge in [0.2, 0.25) is 5.91 Å². The molecule has 1 saturated heterocycles. The first-order valence-corrected chi connectivity index (χ1v) is 8.20. The fourth-order valence-corrected chi connectivity index (χ4v) is 2.69. The second-order valence-electron chi connectivity index (χ2n) is 6.52. The van der Waals surface area contributed by atoms with E-state index in [9.17, 15) is 10.1 Å². The minimum atomic E-state index is 0.227. The molecule has 0 radical (unpaired) electrons. The molecule has 2 heterocycles. The van der Waals surface area contributed by atoms with E-state index in [1.165, 1.54) is 0 Å². The van der Waals surface area contributed by atoms with E-state index in [4.69, 9.17) is 0 Å². The number of hydrogen-bond donors (Lipinski definition) is 0. The number of amides is 1. The molecule has 0 saturated carbocycles. The van der Waals surface area contributed by atoms with Crippen LogP contribution in [0.1, 0.15) is 43.5 Å². The van der Waals surface area contributed by atoms with Crippen LogP contribution in [-0.2, 0) is 4.79 Å². The molecule has 1 aromatic heterocycles. The normalized spacial score (nSPS) is 15.0. The summed E-state index contributed by atoms with van der Waals surface area (Å²) in [4.78, 5) is 16.2. The van der Waals surface area contributed by atoms with Gasteiger partial charge >= 0.3 is 0 Å². The van der Waals surface area contributed by atoms with E-state index < -0.39 is 0 Å². The molecule has 2 rings (SSSR count). The highest BCUT2D eigenvalue weighted by molar-refractivity contribution is 5.76. The Balaban J connectivity index is 2.01. The summed E-state index contributed by atoms with van der Waals surface area (Å²) in [6.07, 6.45) is 1.55. The van der Waals surface area contributed by atoms with Crippen LogP contribution in [0.5, 0.6) is 0 Å². The number of nitriles is 1. The highest BCUT2D eigenvalue weighted by Gasteiger charge is 2.24. The first kappa shape index (κ1) is 17.2. The molecular formula is C17H25N5O. The predicted octanol–water partition coefficient (Wildman–Crippen LogP) is 2.05. The molecule has 0 atom stereocenters. The molecule has 1 amide bonds. The standard InChI is InChI=1S/C17H25N5O/c1-12(2)5-6-16(23)21-7-9-22(10-8-21)17-15(11-18)13(3)14(4)19-20-17/h12H,5-10H2,1-4H3. The van der Waals surface area contributed by atoms with Crippen molar-refractivity contribution in [2.75, 3.05) is 31.1 Å². The lowest BCUT2D eigenvalue weighted by molar-refractivity contribution is -0.131. The zero-order valence-corrected chi connectivity index (χ0v) is 14.5. The van der Waals surface area contributed by atoms with Crippen LogP contribution in [0.15, 0.2) is 0 Å². The van der Waals surface area contributed by atoms with Gasteiger partial charge in [-0.1, -0.05) is 13.8 Å². The van der Waals surface area contributed by atoms with E-state index >= 15 is 0 Å². The van der Waals surface area contributed by atoms with Crippen molar-refractivity contribution in [2.45, 2.75) is 40.5 Å². The average Bonchev–Trinajstić information content (AvgIpc) is 2.55. The second kappa shape index (κ2) is 7.40. The van der Waals surface area contributed by atoms with Gasteiger partial charge in [-0.15, -0.1) is 5.10 Å². The van der Waals surface area contributed by atoms with E-state index in [1.54, 1.807) is 0 Å². The second-order valence-corrected chi connectivity index (χ2v) is 6.52. The third-order valence-electron chi connectivity index (χ3n) is 4.42. The van der Waals surface area contributed by atoms with Gasteiger partial charge in [-0.25, -0.2) is 0 Å². The van der Waals surface area contributed by atoms with Gasteiger partial charge < -0.3 is 9.80 Å². The molecule has 0 aromatic carbocycles. The van der Waals surface area contributed by atoms with Crippen molar-refractivity contribution in [3.63, 3.8) is 0 Å². The van der Waals surface area contributed by atoms with Gasteiger partial charge in [-0.05, 0) is 31.7 Å². The van der Waals surface area contributed by atoms with Gasteiger partial charge in [-0.3, -0.25) is 4.79 Å². The molecule has 1 aromatic rings. The molecule has 0 unspecified atom stereocenters. The summed E-state index contributed by atoms with van der Waals surface area (Å²) in [5.74, 6) is 1.42. The molecule has 0 N–H and O–H groups in total. The molecule has 0 spiro atoms. The minimum absolute atomic E-state index is 0.227. The SMILES string of the molecule is Cc1nnc(N2CCN(C(=O)CCC(C)C)CC2)c(C#N)c1C. The highest BCUT2D eigenvalue weighted by atomic mass is 16.2. The van der Waals surface area contributed by atoms with Crippen molar-refractivity contribution in [1.29, 1.82) is 5.26 Å². The smallest absolute Gasteiger partial charge is 0.222 e. The lowest BCUT2D eigenvalue weighted by Crippen LogP contribution is -2.49. The molecule has 6 heteroatoms. The fourth-order valence-electron chi connectivity index (χ4n) is 2.69. The molecule has 23 heavy (non-hydrogen) atoms. The molecule has 0 aliphatic carbocycles. The molecule has 124 valence electrons. The number of nitrogens with zero attached hydrogens (tertiary/aromatic N) is 5. The van der Waals surface area contributed by atoms with Crippen LogP contribution in [0.25, 0.3) is 0 Å². The maximum Gasteiger partial charge on any atom is 0.222 e. The molecule has 0 bridgehead atoms. The third kappa shape index (κ3) is 3.98. The summed E-state index contributed by atoms with van der Waals surface area (Å²) in [6, 6.07) is 2.24. The number of anilines is 1. The number of aryl methyl sites for hydroxylation is 1. The molecule has 6 nitrogen and oxygen atoms in total. The van der Waals surface area contributed by atoms with Crippen LogP contribution < -0.4 is 4.90 Å². The van der Waals surface area contributed by atoms with E-state index in [0.717, 1.165) is 17.7 Å².